The van der Waals surface area contributed by atoms with E-state index in [4.69, 9.17) is 27.6 Å². The second-order valence-corrected chi connectivity index (χ2v) is 9.12. The van der Waals surface area contributed by atoms with Gasteiger partial charge < -0.3 is 9.73 Å². The molecular formula is C22H23Cl2N3OS. The van der Waals surface area contributed by atoms with Crippen LogP contribution in [0.2, 0.25) is 10.0 Å². The van der Waals surface area contributed by atoms with Gasteiger partial charge in [-0.1, -0.05) is 78.5 Å². The Hall–Kier alpha value is -1.69. The monoisotopic (exact) mass is 447 g/mol. The highest BCUT2D eigenvalue weighted by molar-refractivity contribution is 7.99. The SMILES string of the molecule is Clc1cccc(Cl)c1Nc1ccccc1Cc1nnc(SCC2CCCCC2)o1. The molecule has 0 atom stereocenters. The molecule has 1 saturated carbocycles. The standard InChI is InChI=1S/C22H23Cl2N3OS/c23-17-10-6-11-18(24)21(17)25-19-12-5-4-9-16(19)13-20-26-27-22(28-20)29-14-15-7-2-1-3-8-15/h4-6,9-12,15,25H,1-3,7-8,13-14H2. The molecule has 2 aromatic carbocycles. The van der Waals surface area contributed by atoms with Crippen molar-refractivity contribution in [2.45, 2.75) is 43.7 Å². The van der Waals surface area contributed by atoms with E-state index in [-0.39, 0.29) is 0 Å². The number of nitrogens with zero attached hydrogens (tertiary/aromatic N) is 2. The van der Waals surface area contributed by atoms with Crippen LogP contribution in [0.1, 0.15) is 43.6 Å². The number of benzene rings is 2. The van der Waals surface area contributed by atoms with Gasteiger partial charge in [0.05, 0.1) is 22.2 Å². The Morgan fingerprint density at radius 2 is 1.72 bits per heavy atom. The largest absolute Gasteiger partial charge is 0.416 e. The molecule has 0 aliphatic heterocycles. The number of hydrogen-bond donors (Lipinski definition) is 1. The van der Waals surface area contributed by atoms with Gasteiger partial charge in [0.15, 0.2) is 0 Å². The molecule has 1 heterocycles. The molecule has 4 rings (SSSR count). The molecule has 1 fully saturated rings. The third kappa shape index (κ3) is 5.47. The molecule has 0 bridgehead atoms. The first-order valence-corrected chi connectivity index (χ1v) is 11.7. The molecule has 4 nitrogen and oxygen atoms in total. The summed E-state index contributed by atoms with van der Waals surface area (Å²) in [7, 11) is 0. The number of aromatic nitrogens is 2. The Balaban J connectivity index is 1.43. The lowest BCUT2D eigenvalue weighted by molar-refractivity contribution is 0.387. The average molecular weight is 448 g/mol. The topological polar surface area (TPSA) is 51.0 Å². The Morgan fingerprint density at radius 3 is 2.52 bits per heavy atom. The van der Waals surface area contributed by atoms with E-state index >= 15 is 0 Å². The second-order valence-electron chi connectivity index (χ2n) is 7.33. The van der Waals surface area contributed by atoms with Gasteiger partial charge in [-0.05, 0) is 42.5 Å². The van der Waals surface area contributed by atoms with Crippen LogP contribution in [0.4, 0.5) is 11.4 Å². The molecule has 29 heavy (non-hydrogen) atoms. The van der Waals surface area contributed by atoms with Gasteiger partial charge in [-0.25, -0.2) is 0 Å². The van der Waals surface area contributed by atoms with Crippen molar-refractivity contribution >= 4 is 46.3 Å². The number of thioether (sulfide) groups is 1. The van der Waals surface area contributed by atoms with Crippen molar-refractivity contribution in [2.24, 2.45) is 5.92 Å². The molecule has 1 aliphatic carbocycles. The maximum absolute atomic E-state index is 6.30. The van der Waals surface area contributed by atoms with Crippen molar-refractivity contribution in [3.63, 3.8) is 0 Å². The molecule has 152 valence electrons. The summed E-state index contributed by atoms with van der Waals surface area (Å²) in [5, 5.41) is 13.6. The molecule has 1 N–H and O–H groups in total. The van der Waals surface area contributed by atoms with Crippen LogP contribution < -0.4 is 5.32 Å². The van der Waals surface area contributed by atoms with Crippen molar-refractivity contribution in [1.82, 2.24) is 10.2 Å². The molecule has 3 aromatic rings. The third-order valence-corrected chi connectivity index (χ3v) is 6.88. The number of hydrogen-bond acceptors (Lipinski definition) is 5. The van der Waals surface area contributed by atoms with Crippen molar-refractivity contribution in [3.8, 4) is 0 Å². The van der Waals surface area contributed by atoms with Crippen LogP contribution in [-0.2, 0) is 6.42 Å². The first kappa shape index (κ1) is 20.6. The number of nitrogens with one attached hydrogen (secondary N) is 1. The predicted molar refractivity (Wildman–Crippen MR) is 121 cm³/mol. The molecule has 1 aliphatic rings. The van der Waals surface area contributed by atoms with Crippen LogP contribution in [0.15, 0.2) is 52.1 Å². The molecule has 1 aromatic heterocycles. The van der Waals surface area contributed by atoms with Gasteiger partial charge >= 0.3 is 0 Å². The summed E-state index contributed by atoms with van der Waals surface area (Å²) in [6.07, 6.45) is 7.25. The maximum atomic E-state index is 6.30. The highest BCUT2D eigenvalue weighted by atomic mass is 35.5. The number of halogens is 2. The zero-order valence-corrected chi connectivity index (χ0v) is 18.4. The van der Waals surface area contributed by atoms with E-state index in [0.717, 1.165) is 22.9 Å². The van der Waals surface area contributed by atoms with Crippen LogP contribution in [0.5, 0.6) is 0 Å². The number of anilines is 2. The van der Waals surface area contributed by atoms with Crippen LogP contribution in [0, 0.1) is 5.92 Å². The quantitative estimate of drug-likeness (QED) is 0.382. The first-order chi connectivity index (χ1) is 14.2. The average Bonchev–Trinajstić information content (AvgIpc) is 3.19. The summed E-state index contributed by atoms with van der Waals surface area (Å²) in [6, 6.07) is 13.4. The third-order valence-electron chi connectivity index (χ3n) is 5.20. The lowest BCUT2D eigenvalue weighted by Crippen LogP contribution is -2.08. The van der Waals surface area contributed by atoms with Crippen molar-refractivity contribution < 1.29 is 4.42 Å². The van der Waals surface area contributed by atoms with Crippen molar-refractivity contribution in [3.05, 3.63) is 64.0 Å². The Bertz CT molecular complexity index is 936. The van der Waals surface area contributed by atoms with E-state index < -0.39 is 0 Å². The van der Waals surface area contributed by atoms with Crippen molar-refractivity contribution in [1.29, 1.82) is 0 Å². The van der Waals surface area contributed by atoms with Gasteiger partial charge in [0, 0.05) is 11.4 Å². The molecule has 7 heteroatoms. The fourth-order valence-electron chi connectivity index (χ4n) is 3.62. The fourth-order valence-corrected chi connectivity index (χ4v) is 5.08. The van der Waals surface area contributed by atoms with Crippen LogP contribution in [0.3, 0.4) is 0 Å². The molecule has 0 saturated heterocycles. The zero-order chi connectivity index (χ0) is 20.1. The van der Waals surface area contributed by atoms with Gasteiger partial charge in [0.25, 0.3) is 5.22 Å². The van der Waals surface area contributed by atoms with Crippen molar-refractivity contribution in [2.75, 3.05) is 11.1 Å². The van der Waals surface area contributed by atoms with Crippen LogP contribution in [-0.4, -0.2) is 16.0 Å². The Labute approximate surface area is 185 Å². The summed E-state index contributed by atoms with van der Waals surface area (Å²) < 4.78 is 5.89. The highest BCUT2D eigenvalue weighted by Crippen LogP contribution is 2.34. The first-order valence-electron chi connectivity index (χ1n) is 9.93. The Morgan fingerprint density at radius 1 is 0.966 bits per heavy atom. The molecular weight excluding hydrogens is 425 g/mol. The second kappa shape index (κ2) is 9.88. The summed E-state index contributed by atoms with van der Waals surface area (Å²) in [5.41, 5.74) is 2.64. The molecule has 0 amide bonds. The number of rotatable bonds is 7. The predicted octanol–water partition coefficient (Wildman–Crippen LogP) is 7.38. The number of para-hydroxylation sites is 2. The van der Waals surface area contributed by atoms with E-state index in [9.17, 15) is 0 Å². The van der Waals surface area contributed by atoms with Gasteiger partial charge in [-0.15, -0.1) is 10.2 Å². The smallest absolute Gasteiger partial charge is 0.276 e. The maximum Gasteiger partial charge on any atom is 0.276 e. The molecule has 0 unspecified atom stereocenters. The normalized spacial score (nSPS) is 14.8. The summed E-state index contributed by atoms with van der Waals surface area (Å²) in [6.45, 7) is 0. The van der Waals surface area contributed by atoms with Gasteiger partial charge in [-0.2, -0.15) is 0 Å². The molecule has 0 radical (unpaired) electrons. The minimum absolute atomic E-state index is 0.544. The van der Waals surface area contributed by atoms with E-state index in [0.29, 0.717) is 33.3 Å². The Kier molecular flexibility index (Phi) is 7.01. The summed E-state index contributed by atoms with van der Waals surface area (Å²) in [5.74, 6) is 2.44. The van der Waals surface area contributed by atoms with E-state index in [1.165, 1.54) is 32.1 Å². The van der Waals surface area contributed by atoms with Gasteiger partial charge in [0.2, 0.25) is 5.89 Å². The van der Waals surface area contributed by atoms with E-state index in [2.05, 4.69) is 15.5 Å². The minimum Gasteiger partial charge on any atom is -0.416 e. The lowest BCUT2D eigenvalue weighted by atomic mass is 9.91. The summed E-state index contributed by atoms with van der Waals surface area (Å²) >= 11 is 14.3. The van der Waals surface area contributed by atoms with E-state index in [1.807, 2.05) is 42.5 Å². The molecule has 0 spiro atoms. The van der Waals surface area contributed by atoms with Crippen LogP contribution in [0.25, 0.3) is 0 Å². The minimum atomic E-state index is 0.544. The zero-order valence-electron chi connectivity index (χ0n) is 16.0. The van der Waals surface area contributed by atoms with Crippen LogP contribution >= 0.6 is 35.0 Å². The lowest BCUT2D eigenvalue weighted by Gasteiger charge is -2.19. The van der Waals surface area contributed by atoms with Gasteiger partial charge in [0.1, 0.15) is 0 Å². The fraction of sp³-hybridized carbons (Fsp3) is 0.364. The summed E-state index contributed by atoms with van der Waals surface area (Å²) in [4.78, 5) is 0. The van der Waals surface area contributed by atoms with Gasteiger partial charge in [-0.3, -0.25) is 0 Å². The van der Waals surface area contributed by atoms with E-state index in [1.54, 1.807) is 11.8 Å². The highest BCUT2D eigenvalue weighted by Gasteiger charge is 2.16.